The molecule has 0 spiro atoms. The van der Waals surface area contributed by atoms with Crippen LogP contribution in [0.3, 0.4) is 0 Å². The van der Waals surface area contributed by atoms with Crippen LogP contribution in [-0.4, -0.2) is 36.1 Å². The van der Waals surface area contributed by atoms with Crippen molar-refractivity contribution in [3.05, 3.63) is 28.7 Å². The van der Waals surface area contributed by atoms with E-state index in [1.54, 1.807) is 24.3 Å². The summed E-state index contributed by atoms with van der Waals surface area (Å²) in [7, 11) is 0. The molecule has 1 saturated heterocycles. The second kappa shape index (κ2) is 6.97. The molecule has 0 radical (unpaired) electrons. The average Bonchev–Trinajstić information content (AvgIpc) is 2.71. The molecule has 1 atom stereocenters. The van der Waals surface area contributed by atoms with Crippen molar-refractivity contribution in [2.45, 2.75) is 25.3 Å². The number of hydrogen-bond donors (Lipinski definition) is 2. The summed E-state index contributed by atoms with van der Waals surface area (Å²) in [5.41, 5.74) is 0.600. The fourth-order valence-corrected chi connectivity index (χ4v) is 2.43. The summed E-state index contributed by atoms with van der Waals surface area (Å²) in [5, 5.41) is 11.8. The zero-order chi connectivity index (χ0) is 14.5. The lowest BCUT2D eigenvalue weighted by Crippen LogP contribution is -2.39. The molecule has 108 valence electrons. The Morgan fingerprint density at radius 2 is 1.95 bits per heavy atom. The van der Waals surface area contributed by atoms with E-state index in [1.165, 1.54) is 4.90 Å². The Kier molecular flexibility index (Phi) is 5.28. The highest BCUT2D eigenvalue weighted by molar-refractivity contribution is 9.10. The smallest absolute Gasteiger partial charge is 0.251 e. The van der Waals surface area contributed by atoms with Gasteiger partial charge in [-0.2, -0.15) is 0 Å². The average molecular weight is 341 g/mol. The van der Waals surface area contributed by atoms with Gasteiger partial charge in [-0.05, 0) is 43.7 Å². The molecule has 5 nitrogen and oxygen atoms in total. The minimum Gasteiger partial charge on any atom is -0.396 e. The van der Waals surface area contributed by atoms with Gasteiger partial charge in [0, 0.05) is 11.1 Å². The van der Waals surface area contributed by atoms with E-state index in [2.05, 4.69) is 21.2 Å². The Morgan fingerprint density at radius 1 is 1.25 bits per heavy atom. The molecule has 1 aromatic carbocycles. The van der Waals surface area contributed by atoms with Crippen LogP contribution in [0.1, 0.15) is 19.3 Å². The van der Waals surface area contributed by atoms with Gasteiger partial charge in [-0.1, -0.05) is 15.9 Å². The summed E-state index contributed by atoms with van der Waals surface area (Å²) in [5.74, 6) is -0.390. The number of hydrogen-bond acceptors (Lipinski definition) is 4. The molecule has 0 aliphatic carbocycles. The van der Waals surface area contributed by atoms with Gasteiger partial charge in [0.1, 0.15) is 0 Å². The van der Waals surface area contributed by atoms with Gasteiger partial charge in [0.25, 0.3) is 5.91 Å². The first-order valence-corrected chi connectivity index (χ1v) is 7.39. The summed E-state index contributed by atoms with van der Waals surface area (Å²) >= 11 is 3.32. The summed E-state index contributed by atoms with van der Waals surface area (Å²) in [6.45, 7) is 0.767. The maximum atomic E-state index is 12.2. The van der Waals surface area contributed by atoms with Gasteiger partial charge in [0.15, 0.2) is 0 Å². The first-order chi connectivity index (χ1) is 9.63. The van der Waals surface area contributed by atoms with Gasteiger partial charge >= 0.3 is 0 Å². The lowest BCUT2D eigenvalue weighted by atomic mass is 10.2. The largest absolute Gasteiger partial charge is 0.396 e. The van der Waals surface area contributed by atoms with E-state index in [4.69, 9.17) is 5.11 Å². The van der Waals surface area contributed by atoms with Crippen molar-refractivity contribution in [2.24, 2.45) is 0 Å². The molecule has 1 aromatic rings. The van der Waals surface area contributed by atoms with Gasteiger partial charge in [-0.3, -0.25) is 9.59 Å². The number of halogens is 1. The quantitative estimate of drug-likeness (QED) is 0.607. The fraction of sp³-hybridized carbons (Fsp3) is 0.429. The van der Waals surface area contributed by atoms with Crippen LogP contribution in [0.4, 0.5) is 5.69 Å². The molecule has 2 N–H and O–H groups in total. The van der Waals surface area contributed by atoms with Gasteiger partial charge < -0.3 is 10.4 Å². The number of benzene rings is 1. The fourth-order valence-electron chi connectivity index (χ4n) is 2.17. The maximum Gasteiger partial charge on any atom is 0.251 e. The van der Waals surface area contributed by atoms with Crippen molar-refractivity contribution < 1.29 is 14.7 Å². The molecular formula is C14H17BrN2O3. The topological polar surface area (TPSA) is 69.6 Å². The summed E-state index contributed by atoms with van der Waals surface area (Å²) in [6, 6.07) is 6.64. The van der Waals surface area contributed by atoms with Gasteiger partial charge in [0.05, 0.1) is 18.2 Å². The van der Waals surface area contributed by atoms with Gasteiger partial charge in [0.2, 0.25) is 5.91 Å². The molecule has 2 rings (SSSR count). The number of carbonyl (C=O) groups excluding carboxylic acids is 2. The maximum absolute atomic E-state index is 12.2. The molecule has 1 unspecified atom stereocenters. The number of unbranched alkanes of at least 4 members (excludes halogenated alkanes) is 1. The first kappa shape index (κ1) is 15.2. The van der Waals surface area contributed by atoms with E-state index in [-0.39, 0.29) is 24.8 Å². The molecule has 1 heterocycles. The lowest BCUT2D eigenvalue weighted by molar-refractivity contribution is -0.121. The third-order valence-electron chi connectivity index (χ3n) is 3.21. The van der Waals surface area contributed by atoms with Crippen LogP contribution in [0, 0.1) is 0 Å². The number of rotatable bonds is 6. The molecule has 2 amide bonds. The van der Waals surface area contributed by atoms with Crippen molar-refractivity contribution in [3.63, 3.8) is 0 Å². The highest BCUT2D eigenvalue weighted by atomic mass is 79.9. The molecular weight excluding hydrogens is 324 g/mol. The van der Waals surface area contributed by atoms with Gasteiger partial charge in [-0.15, -0.1) is 0 Å². The Hall–Kier alpha value is -1.24. The Labute approximate surface area is 126 Å². The SMILES string of the molecule is O=C1CC(NCCCCO)C(=O)N1c1ccc(Br)cc1. The summed E-state index contributed by atoms with van der Waals surface area (Å²) in [4.78, 5) is 25.5. The van der Waals surface area contributed by atoms with E-state index in [0.717, 1.165) is 10.9 Å². The number of anilines is 1. The first-order valence-electron chi connectivity index (χ1n) is 6.60. The Bertz CT molecular complexity index is 490. The van der Waals surface area contributed by atoms with Crippen molar-refractivity contribution in [3.8, 4) is 0 Å². The van der Waals surface area contributed by atoms with Crippen LogP contribution in [0.15, 0.2) is 28.7 Å². The molecule has 20 heavy (non-hydrogen) atoms. The van der Waals surface area contributed by atoms with E-state index < -0.39 is 6.04 Å². The van der Waals surface area contributed by atoms with Crippen LogP contribution < -0.4 is 10.2 Å². The number of nitrogens with zero attached hydrogens (tertiary/aromatic N) is 1. The van der Waals surface area contributed by atoms with E-state index in [1.807, 2.05) is 0 Å². The number of carbonyl (C=O) groups is 2. The van der Waals surface area contributed by atoms with Crippen molar-refractivity contribution in [2.75, 3.05) is 18.1 Å². The lowest BCUT2D eigenvalue weighted by Gasteiger charge is -2.15. The van der Waals surface area contributed by atoms with Crippen LogP contribution >= 0.6 is 15.9 Å². The predicted octanol–water partition coefficient (Wildman–Crippen LogP) is 1.44. The summed E-state index contributed by atoms with van der Waals surface area (Å²) < 4.78 is 0.902. The molecule has 6 heteroatoms. The van der Waals surface area contributed by atoms with Crippen molar-refractivity contribution >= 4 is 33.4 Å². The number of aliphatic hydroxyl groups is 1. The minimum absolute atomic E-state index is 0.143. The molecule has 0 saturated carbocycles. The number of imide groups is 1. The van der Waals surface area contributed by atoms with Crippen LogP contribution in [0.25, 0.3) is 0 Å². The Morgan fingerprint density at radius 3 is 2.60 bits per heavy atom. The predicted molar refractivity (Wildman–Crippen MR) is 79.4 cm³/mol. The second-order valence-corrected chi connectivity index (χ2v) is 5.60. The molecule has 1 aliphatic rings. The summed E-state index contributed by atoms with van der Waals surface area (Å²) in [6.07, 6.45) is 1.67. The number of amides is 2. The van der Waals surface area contributed by atoms with Gasteiger partial charge in [-0.25, -0.2) is 4.90 Å². The normalized spacial score (nSPS) is 18.9. The van der Waals surface area contributed by atoms with E-state index in [0.29, 0.717) is 18.7 Å². The zero-order valence-electron chi connectivity index (χ0n) is 11.0. The molecule has 0 aromatic heterocycles. The molecule has 1 aliphatic heterocycles. The number of nitrogens with one attached hydrogen (secondary N) is 1. The monoisotopic (exact) mass is 340 g/mol. The molecule has 0 bridgehead atoms. The third-order valence-corrected chi connectivity index (χ3v) is 3.74. The number of aliphatic hydroxyl groups excluding tert-OH is 1. The molecule has 1 fully saturated rings. The highest BCUT2D eigenvalue weighted by Gasteiger charge is 2.38. The minimum atomic E-state index is -0.454. The third kappa shape index (κ3) is 3.45. The van der Waals surface area contributed by atoms with Crippen LogP contribution in [-0.2, 0) is 9.59 Å². The zero-order valence-corrected chi connectivity index (χ0v) is 12.6. The highest BCUT2D eigenvalue weighted by Crippen LogP contribution is 2.24. The Balaban J connectivity index is 2.00. The van der Waals surface area contributed by atoms with E-state index in [9.17, 15) is 9.59 Å². The second-order valence-electron chi connectivity index (χ2n) is 4.69. The van der Waals surface area contributed by atoms with Crippen LogP contribution in [0.5, 0.6) is 0 Å². The van der Waals surface area contributed by atoms with Crippen molar-refractivity contribution in [1.29, 1.82) is 0 Å². The van der Waals surface area contributed by atoms with E-state index >= 15 is 0 Å². The van der Waals surface area contributed by atoms with Crippen LogP contribution in [0.2, 0.25) is 0 Å². The van der Waals surface area contributed by atoms with Crippen molar-refractivity contribution in [1.82, 2.24) is 5.32 Å². The standard InChI is InChI=1S/C14H17BrN2O3/c15-10-3-5-11(6-4-10)17-13(19)9-12(14(17)20)16-7-1-2-8-18/h3-6,12,16,18H,1-2,7-9H2.